The lowest BCUT2D eigenvalue weighted by Gasteiger charge is -2.24. The Bertz CT molecular complexity index is 1020. The van der Waals surface area contributed by atoms with Crippen molar-refractivity contribution < 1.29 is 27.2 Å². The summed E-state index contributed by atoms with van der Waals surface area (Å²) in [7, 11) is 0. The molecule has 2 aliphatic rings. The molecular weight excluding hydrogens is 440 g/mol. The second-order valence-corrected chi connectivity index (χ2v) is 8.49. The Labute approximate surface area is 188 Å². The van der Waals surface area contributed by atoms with Crippen LogP contribution in [0, 0.1) is 0 Å². The number of hydrogen-bond donors (Lipinski definition) is 0. The molecule has 3 heterocycles. The van der Waals surface area contributed by atoms with Crippen LogP contribution in [0.1, 0.15) is 48.9 Å². The van der Waals surface area contributed by atoms with Gasteiger partial charge in [0.1, 0.15) is 12.0 Å². The van der Waals surface area contributed by atoms with Crippen LogP contribution < -0.4 is 4.90 Å². The Balaban J connectivity index is 1.48. The zero-order valence-electron chi connectivity index (χ0n) is 18.1. The van der Waals surface area contributed by atoms with Gasteiger partial charge >= 0.3 is 12.2 Å². The van der Waals surface area contributed by atoms with E-state index >= 15 is 0 Å². The van der Waals surface area contributed by atoms with E-state index in [0.717, 1.165) is 41.6 Å². The molecule has 0 radical (unpaired) electrons. The topological polar surface area (TPSA) is 66.4 Å². The fourth-order valence-corrected chi connectivity index (χ4v) is 4.03. The molecule has 6 nitrogen and oxygen atoms in total. The summed E-state index contributed by atoms with van der Waals surface area (Å²) in [5.41, 5.74) is 0.135. The summed E-state index contributed by atoms with van der Waals surface area (Å²) in [6.45, 7) is 1.27. The molecule has 2 aromatic heterocycles. The number of carbonyl (C=O) groups excluding carboxylic acids is 2. The molecule has 0 unspecified atom stereocenters. The van der Waals surface area contributed by atoms with Crippen LogP contribution in [0.15, 0.2) is 36.7 Å². The van der Waals surface area contributed by atoms with Crippen molar-refractivity contribution in [1.29, 1.82) is 0 Å². The number of aromatic nitrogens is 2. The van der Waals surface area contributed by atoms with Crippen LogP contribution in [-0.2, 0) is 17.4 Å². The van der Waals surface area contributed by atoms with Gasteiger partial charge in [0.25, 0.3) is 0 Å². The third kappa shape index (κ3) is 5.15. The number of amides is 2. The Morgan fingerprint density at radius 1 is 1.21 bits per heavy atom. The number of anilines is 1. The number of Topliss-reactive ketones (excluding diaryl/α,β-unsaturated/α-hetero) is 1. The number of urea groups is 1. The van der Waals surface area contributed by atoms with E-state index in [2.05, 4.69) is 9.97 Å². The predicted octanol–water partition coefficient (Wildman–Crippen LogP) is 4.54. The summed E-state index contributed by atoms with van der Waals surface area (Å²) < 4.78 is 53.5. The van der Waals surface area contributed by atoms with Crippen molar-refractivity contribution in [2.75, 3.05) is 18.0 Å². The van der Waals surface area contributed by atoms with Crippen LogP contribution in [0.4, 0.5) is 28.2 Å². The zero-order valence-corrected chi connectivity index (χ0v) is 18.1. The van der Waals surface area contributed by atoms with Crippen molar-refractivity contribution >= 4 is 17.6 Å². The van der Waals surface area contributed by atoms with Gasteiger partial charge in [0.05, 0.1) is 31.1 Å². The van der Waals surface area contributed by atoms with Gasteiger partial charge in [0.2, 0.25) is 0 Å². The first-order chi connectivity index (χ1) is 15.7. The van der Waals surface area contributed by atoms with Gasteiger partial charge in [-0.3, -0.25) is 14.7 Å². The van der Waals surface area contributed by atoms with Crippen LogP contribution in [0.25, 0.3) is 0 Å². The fourth-order valence-electron chi connectivity index (χ4n) is 4.03. The van der Waals surface area contributed by atoms with Gasteiger partial charge in [-0.2, -0.15) is 13.2 Å². The Morgan fingerprint density at radius 3 is 2.58 bits per heavy atom. The SMILES string of the molecule is CC[C@H](F)[C@H]1CN(c2ccc(C3CC3)cn2)C(=O)N1CC(=O)Cc1cc(C(F)(F)F)ccn1. The van der Waals surface area contributed by atoms with E-state index in [1.54, 1.807) is 19.2 Å². The molecule has 2 amide bonds. The van der Waals surface area contributed by atoms with Gasteiger partial charge in [0, 0.05) is 18.1 Å². The molecule has 0 N–H and O–H groups in total. The summed E-state index contributed by atoms with van der Waals surface area (Å²) in [6, 6.07) is 3.85. The molecule has 10 heteroatoms. The second-order valence-electron chi connectivity index (χ2n) is 8.49. The minimum absolute atomic E-state index is 0.0404. The van der Waals surface area contributed by atoms with Gasteiger partial charge in [-0.1, -0.05) is 13.0 Å². The minimum Gasteiger partial charge on any atom is -0.309 e. The quantitative estimate of drug-likeness (QED) is 0.538. The summed E-state index contributed by atoms with van der Waals surface area (Å²) >= 11 is 0. The van der Waals surface area contributed by atoms with Crippen LogP contribution in [0.3, 0.4) is 0 Å². The van der Waals surface area contributed by atoms with Crippen LogP contribution in [-0.4, -0.2) is 52.0 Å². The molecule has 0 spiro atoms. The highest BCUT2D eigenvalue weighted by Gasteiger charge is 2.43. The van der Waals surface area contributed by atoms with E-state index < -0.39 is 48.7 Å². The van der Waals surface area contributed by atoms with E-state index in [0.29, 0.717) is 11.7 Å². The molecule has 2 aromatic rings. The Morgan fingerprint density at radius 2 is 1.97 bits per heavy atom. The highest BCUT2D eigenvalue weighted by Crippen LogP contribution is 2.40. The van der Waals surface area contributed by atoms with Crippen molar-refractivity contribution in [3.63, 3.8) is 0 Å². The van der Waals surface area contributed by atoms with Gasteiger partial charge < -0.3 is 4.90 Å². The minimum atomic E-state index is -4.55. The largest absolute Gasteiger partial charge is 0.416 e. The molecule has 1 aliphatic carbocycles. The second kappa shape index (κ2) is 9.07. The van der Waals surface area contributed by atoms with Gasteiger partial charge in [-0.05, 0) is 48.9 Å². The molecule has 2 fully saturated rings. The van der Waals surface area contributed by atoms with Crippen LogP contribution >= 0.6 is 0 Å². The number of pyridine rings is 2. The molecule has 4 rings (SSSR count). The lowest BCUT2D eigenvalue weighted by Crippen LogP contribution is -2.43. The Hall–Kier alpha value is -3.04. The van der Waals surface area contributed by atoms with Crippen LogP contribution in [0.5, 0.6) is 0 Å². The first-order valence-corrected chi connectivity index (χ1v) is 10.9. The average molecular weight is 464 g/mol. The van der Waals surface area contributed by atoms with E-state index in [1.807, 2.05) is 6.07 Å². The highest BCUT2D eigenvalue weighted by molar-refractivity contribution is 5.97. The molecule has 0 bridgehead atoms. The number of ketones is 1. The third-order valence-electron chi connectivity index (χ3n) is 6.02. The van der Waals surface area contributed by atoms with Crippen molar-refractivity contribution in [1.82, 2.24) is 14.9 Å². The zero-order chi connectivity index (χ0) is 23.8. The summed E-state index contributed by atoms with van der Waals surface area (Å²) in [6.07, 6.45) is -1.22. The standard InChI is InChI=1S/C23H24F4N4O2/c1-2-19(24)20-13-31(21-6-5-15(11-29-21)14-3-4-14)22(33)30(20)12-18(32)10-17-9-16(7-8-28-17)23(25,26)27/h5-9,11,14,19-20H,2-4,10,12-13H2,1H3/t19-,20+/m0/s1. The number of halogens is 4. The predicted molar refractivity (Wildman–Crippen MR) is 113 cm³/mol. The number of carbonyl (C=O) groups is 2. The molecule has 1 saturated heterocycles. The third-order valence-corrected chi connectivity index (χ3v) is 6.02. The first kappa shape index (κ1) is 23.1. The molecule has 1 aliphatic heterocycles. The molecule has 1 saturated carbocycles. The molecule has 0 aromatic carbocycles. The Kier molecular flexibility index (Phi) is 6.36. The normalized spacial score (nSPS) is 19.8. The van der Waals surface area contributed by atoms with Crippen molar-refractivity contribution in [2.45, 2.75) is 56.9 Å². The highest BCUT2D eigenvalue weighted by atomic mass is 19.4. The maximum absolute atomic E-state index is 14.7. The number of hydrogen-bond acceptors (Lipinski definition) is 4. The summed E-state index contributed by atoms with van der Waals surface area (Å²) in [5, 5.41) is 0. The molecule has 2 atom stereocenters. The smallest absolute Gasteiger partial charge is 0.309 e. The molecular formula is C23H24F4N4O2. The van der Waals surface area contributed by atoms with Crippen molar-refractivity contribution in [2.24, 2.45) is 0 Å². The van der Waals surface area contributed by atoms with Crippen LogP contribution in [0.2, 0.25) is 0 Å². The maximum atomic E-state index is 14.7. The van der Waals surface area contributed by atoms with Crippen molar-refractivity contribution in [3.8, 4) is 0 Å². The number of alkyl halides is 4. The number of rotatable bonds is 8. The van der Waals surface area contributed by atoms with Gasteiger partial charge in [-0.25, -0.2) is 14.2 Å². The summed E-state index contributed by atoms with van der Waals surface area (Å²) in [5.74, 6) is 0.358. The van der Waals surface area contributed by atoms with E-state index in [4.69, 9.17) is 0 Å². The fraction of sp³-hybridized carbons (Fsp3) is 0.478. The van der Waals surface area contributed by atoms with E-state index in [9.17, 15) is 27.2 Å². The monoisotopic (exact) mass is 464 g/mol. The van der Waals surface area contributed by atoms with Gasteiger partial charge in [-0.15, -0.1) is 0 Å². The lowest BCUT2D eigenvalue weighted by atomic mass is 10.1. The number of nitrogens with zero attached hydrogens (tertiary/aromatic N) is 4. The summed E-state index contributed by atoms with van der Waals surface area (Å²) in [4.78, 5) is 36.4. The van der Waals surface area contributed by atoms with Gasteiger partial charge in [0.15, 0.2) is 5.78 Å². The van der Waals surface area contributed by atoms with Crippen molar-refractivity contribution in [3.05, 3.63) is 53.5 Å². The first-order valence-electron chi connectivity index (χ1n) is 10.9. The molecule has 33 heavy (non-hydrogen) atoms. The average Bonchev–Trinajstić information content (AvgIpc) is 3.58. The van der Waals surface area contributed by atoms with E-state index in [1.165, 1.54) is 4.90 Å². The lowest BCUT2D eigenvalue weighted by molar-refractivity contribution is -0.137. The maximum Gasteiger partial charge on any atom is 0.416 e. The van der Waals surface area contributed by atoms with E-state index in [-0.39, 0.29) is 18.7 Å². The molecule has 176 valence electrons.